The van der Waals surface area contributed by atoms with Crippen LogP contribution in [-0.4, -0.2) is 121 Å². The van der Waals surface area contributed by atoms with Crippen molar-refractivity contribution in [2.45, 2.75) is 51.0 Å². The summed E-state index contributed by atoms with van der Waals surface area (Å²) in [6.07, 6.45) is 6.75. The maximum absolute atomic E-state index is 12.2. The summed E-state index contributed by atoms with van der Waals surface area (Å²) in [4.78, 5) is 76.0. The fourth-order valence-electron chi connectivity index (χ4n) is 6.06. The van der Waals surface area contributed by atoms with Crippen LogP contribution in [0.5, 0.6) is 17.2 Å². The summed E-state index contributed by atoms with van der Waals surface area (Å²) < 4.78 is 30.7. The number of nitro benzene ring substituents is 1. The molecule has 0 bridgehead atoms. The number of fused-ring (bicyclic) bond motifs is 1. The van der Waals surface area contributed by atoms with Gasteiger partial charge in [0.15, 0.2) is 4.84 Å². The molecule has 0 saturated heterocycles. The van der Waals surface area contributed by atoms with Gasteiger partial charge in [0.25, 0.3) is 11.6 Å². The van der Waals surface area contributed by atoms with Gasteiger partial charge in [0, 0.05) is 24.3 Å². The molecule has 0 saturated carbocycles. The topological polar surface area (TPSA) is 247 Å². The highest BCUT2D eigenvalue weighted by Crippen LogP contribution is 2.36. The van der Waals surface area contributed by atoms with Gasteiger partial charge < -0.3 is 48.2 Å². The van der Waals surface area contributed by atoms with Crippen molar-refractivity contribution in [1.82, 2.24) is 5.32 Å². The number of anilines is 2. The number of hydrogen-bond acceptors (Lipinski definition) is 13. The van der Waals surface area contributed by atoms with E-state index in [1.54, 1.807) is 29.0 Å². The maximum Gasteiger partial charge on any atom is 0.345 e. The third-order valence-corrected chi connectivity index (χ3v) is 10.7. The van der Waals surface area contributed by atoms with E-state index in [4.69, 9.17) is 82.2 Å². The first-order chi connectivity index (χ1) is 33.2. The molecule has 3 atom stereocenters. The normalized spacial score (nSPS) is 13.5. The van der Waals surface area contributed by atoms with Crippen molar-refractivity contribution in [1.29, 1.82) is 0 Å². The van der Waals surface area contributed by atoms with Gasteiger partial charge in [-0.05, 0) is 85.6 Å². The SMILES string of the molecule is CC1COc2ccccc2N1C(=O)C(Cl)Cl.CCc1cccc(C)c1N(C(=O)CCl)C(C)COC.COC(=O)c1cc(Oc2ccc(Cl)cc2Cl)ccc1[N+](=O)[O-].C[S+](C)C.O=C(O)CNCP(=O)([O-])O. The number of methoxy groups -OCH3 is 2. The molecule has 392 valence electrons. The lowest BCUT2D eigenvalue weighted by Crippen LogP contribution is -2.47. The quantitative estimate of drug-likeness (QED) is 0.0251. The molecule has 3 unspecified atom stereocenters. The second-order valence-electron chi connectivity index (χ2n) is 15.2. The number of halogens is 5. The smallest absolute Gasteiger partial charge is 0.345 e. The Morgan fingerprint density at radius 3 is 2.18 bits per heavy atom. The average molecular weight is 1130 g/mol. The van der Waals surface area contributed by atoms with Crippen LogP contribution >= 0.6 is 65.6 Å². The number of carbonyl (C=O) groups excluding carboxylic acids is 3. The van der Waals surface area contributed by atoms with Crippen LogP contribution in [0.15, 0.2) is 78.9 Å². The number of carboxylic acids is 1. The molecule has 0 fully saturated rings. The van der Waals surface area contributed by atoms with Crippen molar-refractivity contribution in [3.8, 4) is 17.2 Å². The number of benzene rings is 4. The molecule has 4 aromatic carbocycles. The van der Waals surface area contributed by atoms with E-state index in [-0.39, 0.29) is 51.8 Å². The van der Waals surface area contributed by atoms with E-state index in [9.17, 15) is 38.8 Å². The highest BCUT2D eigenvalue weighted by Gasteiger charge is 2.32. The van der Waals surface area contributed by atoms with Crippen molar-refractivity contribution >= 4 is 117 Å². The van der Waals surface area contributed by atoms with Gasteiger partial charge in [-0.3, -0.25) is 29.8 Å². The summed E-state index contributed by atoms with van der Waals surface area (Å²) >= 11 is 28.8. The second-order valence-corrected chi connectivity index (χ2v) is 21.5. The Morgan fingerprint density at radius 2 is 1.66 bits per heavy atom. The van der Waals surface area contributed by atoms with E-state index < -0.39 is 42.1 Å². The standard InChI is InChI=1S/C15H22ClNO2.C14H9Cl2NO5.C11H11Cl2NO2.C3H8NO5P.C3H9S/c1-5-13-8-6-7-11(2)15(13)17(14(18)9-16)12(3)10-19-4;1-21-14(18)10-7-9(3-4-12(10)17(19)20)22-13-5-2-8(15)6-11(13)16;1-7-6-16-9-5-3-2-4-8(9)14(7)11(15)10(12)13;5-3(6)1-4-2-10(7,8)9;1-4(2)3/h6-8,12H,5,9-10H2,1-4H3;2-7H,1H3;2-5,7,10H,6H2,1H3;4H,1-2H2,(H,5,6)(H2,7,8,9);1-3H3/q;;;;+1/p-1. The molecule has 1 aliphatic heterocycles. The van der Waals surface area contributed by atoms with Gasteiger partial charge in [0.1, 0.15) is 42.9 Å². The molecule has 0 spiro atoms. The van der Waals surface area contributed by atoms with Crippen molar-refractivity contribution in [2.75, 3.05) is 74.7 Å². The summed E-state index contributed by atoms with van der Waals surface area (Å²) in [6.45, 7) is 8.42. The van der Waals surface area contributed by atoms with Gasteiger partial charge >= 0.3 is 11.9 Å². The lowest BCUT2D eigenvalue weighted by Gasteiger charge is -2.35. The van der Waals surface area contributed by atoms with Crippen LogP contribution in [0, 0.1) is 17.0 Å². The first kappa shape index (κ1) is 64.6. The molecule has 4 aromatic rings. The number of alkyl halides is 3. The first-order valence-electron chi connectivity index (χ1n) is 21.0. The number of para-hydroxylation sites is 3. The van der Waals surface area contributed by atoms with Gasteiger partial charge in [0.2, 0.25) is 5.91 Å². The molecule has 1 heterocycles. The summed E-state index contributed by atoms with van der Waals surface area (Å²) in [5, 5.41) is 21.6. The van der Waals surface area contributed by atoms with E-state index in [0.717, 1.165) is 42.1 Å². The summed E-state index contributed by atoms with van der Waals surface area (Å²) in [5.41, 5.74) is 3.34. The molecule has 0 aliphatic carbocycles. The maximum atomic E-state index is 12.2. The number of hydrogen-bond donors (Lipinski definition) is 3. The van der Waals surface area contributed by atoms with Crippen LogP contribution in [-0.2, 0) is 45.7 Å². The number of nitrogens with zero attached hydrogens (tertiary/aromatic N) is 3. The predicted molar refractivity (Wildman–Crippen MR) is 281 cm³/mol. The van der Waals surface area contributed by atoms with Gasteiger partial charge in [-0.15, -0.1) is 11.6 Å². The molecule has 0 aromatic heterocycles. The molecular formula is C46H58Cl5N4O14PS. The molecular weight excluding hydrogens is 1070 g/mol. The molecule has 0 radical (unpaired) electrons. The molecule has 25 heteroatoms. The largest absolute Gasteiger partial charge is 0.778 e. The van der Waals surface area contributed by atoms with Gasteiger partial charge in [-0.2, -0.15) is 0 Å². The monoisotopic (exact) mass is 1130 g/mol. The number of ether oxygens (including phenoxy) is 4. The van der Waals surface area contributed by atoms with Crippen LogP contribution in [0.2, 0.25) is 10.0 Å². The minimum atomic E-state index is -4.35. The zero-order valence-electron chi connectivity index (χ0n) is 40.4. The van der Waals surface area contributed by atoms with Crippen LogP contribution in [0.25, 0.3) is 0 Å². The zero-order chi connectivity index (χ0) is 54.2. The van der Waals surface area contributed by atoms with Crippen molar-refractivity contribution in [3.63, 3.8) is 0 Å². The number of nitrogens with one attached hydrogen (secondary N) is 1. The second kappa shape index (κ2) is 32.7. The first-order valence-corrected chi connectivity index (χ1v) is 27.3. The number of aliphatic carboxylic acids is 1. The Balaban J connectivity index is 0.000000474. The molecule has 2 amide bonds. The molecule has 3 N–H and O–H groups in total. The number of rotatable bonds is 15. The van der Waals surface area contributed by atoms with Crippen LogP contribution in [0.1, 0.15) is 42.3 Å². The number of carbonyl (C=O) groups is 4. The van der Waals surface area contributed by atoms with Crippen LogP contribution in [0.4, 0.5) is 17.1 Å². The minimum absolute atomic E-state index is 0.0223. The number of esters is 1. The Morgan fingerprint density at radius 1 is 1.03 bits per heavy atom. The van der Waals surface area contributed by atoms with E-state index in [1.165, 1.54) is 18.2 Å². The van der Waals surface area contributed by atoms with E-state index in [2.05, 4.69) is 36.5 Å². The lowest BCUT2D eigenvalue weighted by atomic mass is 10.0. The van der Waals surface area contributed by atoms with Crippen molar-refractivity contribution in [3.05, 3.63) is 116 Å². The fourth-order valence-corrected chi connectivity index (χ4v) is 7.24. The van der Waals surface area contributed by atoms with Gasteiger partial charge in [-0.25, -0.2) is 4.79 Å². The Bertz CT molecular complexity index is 2430. The highest BCUT2D eigenvalue weighted by atomic mass is 35.5. The number of nitro groups is 1. The van der Waals surface area contributed by atoms with E-state index in [0.29, 0.717) is 40.6 Å². The molecule has 71 heavy (non-hydrogen) atoms. The lowest BCUT2D eigenvalue weighted by molar-refractivity contribution is -0.385. The van der Waals surface area contributed by atoms with E-state index >= 15 is 0 Å². The summed E-state index contributed by atoms with van der Waals surface area (Å²) in [6, 6.07) is 21.7. The van der Waals surface area contributed by atoms with Gasteiger partial charge in [0.05, 0.1) is 78.7 Å². The molecule has 18 nitrogen and oxygen atoms in total. The summed E-state index contributed by atoms with van der Waals surface area (Å²) in [7, 11) is -0.936. The molecule has 1 aliphatic rings. The van der Waals surface area contributed by atoms with Crippen molar-refractivity contribution < 1.29 is 62.5 Å². The zero-order valence-corrected chi connectivity index (χ0v) is 45.9. The Labute approximate surface area is 441 Å². The third kappa shape index (κ3) is 22.9. The molecule has 5 rings (SSSR count). The summed E-state index contributed by atoms with van der Waals surface area (Å²) in [5.74, 6) is -1.24. The Hall–Kier alpha value is -4.37. The van der Waals surface area contributed by atoms with Crippen molar-refractivity contribution in [2.24, 2.45) is 0 Å². The van der Waals surface area contributed by atoms with E-state index in [1.807, 2.05) is 62.5 Å². The fraction of sp³-hybridized carbons (Fsp3) is 0.391. The minimum Gasteiger partial charge on any atom is -0.778 e. The van der Waals surface area contributed by atoms with Crippen LogP contribution < -0.4 is 29.5 Å². The number of amides is 2. The van der Waals surface area contributed by atoms with Gasteiger partial charge in [-0.1, -0.05) is 83.7 Å². The average Bonchev–Trinajstić information content (AvgIpc) is 3.29. The van der Waals surface area contributed by atoms with Crippen LogP contribution in [0.3, 0.4) is 0 Å². The Kier molecular flexibility index (Phi) is 29.7. The highest BCUT2D eigenvalue weighted by molar-refractivity contribution is 7.94. The predicted octanol–water partition coefficient (Wildman–Crippen LogP) is 8.91. The third-order valence-electron chi connectivity index (χ3n) is 8.92. The number of carboxylic acid groups (broad SMARTS) is 1. The number of aryl methyl sites for hydroxylation is 2.